The van der Waals surface area contributed by atoms with E-state index >= 15 is 0 Å². The SMILES string of the molecule is COc1cc(OC(F)(F)F)c(CCl)nc1C(F)(F)F. The van der Waals surface area contributed by atoms with Crippen molar-refractivity contribution in [3.05, 3.63) is 17.5 Å². The summed E-state index contributed by atoms with van der Waals surface area (Å²) in [6.07, 6.45) is -9.96. The van der Waals surface area contributed by atoms with Gasteiger partial charge in [-0.3, -0.25) is 0 Å². The minimum absolute atomic E-state index is 0.445. The molecule has 1 rings (SSSR count). The second-order valence-electron chi connectivity index (χ2n) is 3.16. The molecule has 0 amide bonds. The summed E-state index contributed by atoms with van der Waals surface area (Å²) in [5, 5.41) is 0. The molecule has 0 unspecified atom stereocenters. The lowest BCUT2D eigenvalue weighted by Crippen LogP contribution is -2.20. The number of hydrogen-bond acceptors (Lipinski definition) is 3. The predicted molar refractivity (Wildman–Crippen MR) is 52.0 cm³/mol. The number of rotatable bonds is 3. The second-order valence-corrected chi connectivity index (χ2v) is 3.43. The van der Waals surface area contributed by atoms with Gasteiger partial charge >= 0.3 is 12.5 Å². The molecule has 0 radical (unpaired) electrons. The van der Waals surface area contributed by atoms with Gasteiger partial charge in [-0.15, -0.1) is 24.8 Å². The summed E-state index contributed by atoms with van der Waals surface area (Å²) in [4.78, 5) is 3.01. The largest absolute Gasteiger partial charge is 0.573 e. The van der Waals surface area contributed by atoms with Crippen LogP contribution < -0.4 is 9.47 Å². The van der Waals surface area contributed by atoms with Crippen LogP contribution in [0.3, 0.4) is 0 Å². The highest BCUT2D eigenvalue weighted by Gasteiger charge is 2.39. The van der Waals surface area contributed by atoms with E-state index in [1.165, 1.54) is 0 Å². The number of methoxy groups -OCH3 is 1. The van der Waals surface area contributed by atoms with E-state index in [0.29, 0.717) is 6.07 Å². The maximum Gasteiger partial charge on any atom is 0.573 e. The number of alkyl halides is 7. The molecular formula is C9H6ClF6NO2. The van der Waals surface area contributed by atoms with Crippen LogP contribution in [0, 0.1) is 0 Å². The highest BCUT2D eigenvalue weighted by atomic mass is 35.5. The van der Waals surface area contributed by atoms with Crippen LogP contribution in [0.2, 0.25) is 0 Å². The van der Waals surface area contributed by atoms with E-state index in [4.69, 9.17) is 11.6 Å². The van der Waals surface area contributed by atoms with Crippen LogP contribution in [0.5, 0.6) is 11.5 Å². The van der Waals surface area contributed by atoms with Gasteiger partial charge in [0.15, 0.2) is 17.2 Å². The van der Waals surface area contributed by atoms with E-state index in [-0.39, 0.29) is 0 Å². The van der Waals surface area contributed by atoms with Crippen LogP contribution in [0.15, 0.2) is 6.07 Å². The van der Waals surface area contributed by atoms with E-state index in [2.05, 4.69) is 14.5 Å². The third-order valence-corrected chi connectivity index (χ3v) is 2.12. The Labute approximate surface area is 108 Å². The highest BCUT2D eigenvalue weighted by molar-refractivity contribution is 6.17. The molecule has 0 aromatic carbocycles. The van der Waals surface area contributed by atoms with Crippen molar-refractivity contribution in [3.63, 3.8) is 0 Å². The van der Waals surface area contributed by atoms with Gasteiger partial charge in [-0.25, -0.2) is 4.98 Å². The van der Waals surface area contributed by atoms with Gasteiger partial charge in [0.2, 0.25) is 0 Å². The van der Waals surface area contributed by atoms with Crippen molar-refractivity contribution >= 4 is 11.6 Å². The van der Waals surface area contributed by atoms with E-state index in [0.717, 1.165) is 7.11 Å². The molecule has 0 atom stereocenters. The number of pyridine rings is 1. The standard InChI is InChI=1S/C9H6ClF6NO2/c1-18-6-2-5(19-9(14,15)16)4(3-10)17-7(6)8(11,12)13/h2H,3H2,1H3. The van der Waals surface area contributed by atoms with Crippen LogP contribution in [0.4, 0.5) is 26.3 Å². The Morgan fingerprint density at radius 3 is 2.11 bits per heavy atom. The van der Waals surface area contributed by atoms with Gasteiger partial charge in [0, 0.05) is 6.07 Å². The third-order valence-electron chi connectivity index (χ3n) is 1.87. The minimum Gasteiger partial charge on any atom is -0.494 e. The van der Waals surface area contributed by atoms with Gasteiger partial charge in [0.05, 0.1) is 18.7 Å². The van der Waals surface area contributed by atoms with E-state index in [9.17, 15) is 26.3 Å². The molecule has 1 heterocycles. The fourth-order valence-corrected chi connectivity index (χ4v) is 1.37. The Balaban J connectivity index is 3.36. The number of aromatic nitrogens is 1. The lowest BCUT2D eigenvalue weighted by Gasteiger charge is -2.16. The summed E-state index contributed by atoms with van der Waals surface area (Å²) in [7, 11) is 0.865. The smallest absolute Gasteiger partial charge is 0.494 e. The molecule has 0 fully saturated rings. The van der Waals surface area contributed by atoms with Crippen molar-refractivity contribution in [2.75, 3.05) is 7.11 Å². The van der Waals surface area contributed by atoms with Crippen LogP contribution in [-0.2, 0) is 12.1 Å². The quantitative estimate of drug-likeness (QED) is 0.629. The average molecular weight is 310 g/mol. The molecule has 0 aliphatic heterocycles. The summed E-state index contributed by atoms with van der Waals surface area (Å²) in [5.41, 5.74) is -2.16. The zero-order valence-electron chi connectivity index (χ0n) is 9.19. The first-order valence-electron chi connectivity index (χ1n) is 4.55. The molecule has 10 heteroatoms. The monoisotopic (exact) mass is 309 g/mol. The summed E-state index contributed by atoms with van der Waals surface area (Å²) < 4.78 is 81.8. The lowest BCUT2D eigenvalue weighted by atomic mass is 10.2. The summed E-state index contributed by atoms with van der Waals surface area (Å²) >= 11 is 5.26. The number of ether oxygens (including phenoxy) is 2. The summed E-state index contributed by atoms with van der Waals surface area (Å²) in [6, 6.07) is 0.445. The molecule has 108 valence electrons. The van der Waals surface area contributed by atoms with Crippen LogP contribution >= 0.6 is 11.6 Å². The van der Waals surface area contributed by atoms with Crippen molar-refractivity contribution < 1.29 is 35.8 Å². The van der Waals surface area contributed by atoms with E-state index in [1.54, 1.807) is 0 Å². The van der Waals surface area contributed by atoms with Crippen molar-refractivity contribution in [1.82, 2.24) is 4.98 Å². The molecule has 0 saturated heterocycles. The number of nitrogens with zero attached hydrogens (tertiary/aromatic N) is 1. The number of halogens is 7. The van der Waals surface area contributed by atoms with E-state index < -0.39 is 41.3 Å². The van der Waals surface area contributed by atoms with Crippen molar-refractivity contribution in [2.45, 2.75) is 18.4 Å². The van der Waals surface area contributed by atoms with Gasteiger partial charge < -0.3 is 9.47 Å². The Morgan fingerprint density at radius 2 is 1.74 bits per heavy atom. The normalized spacial score (nSPS) is 12.4. The van der Waals surface area contributed by atoms with Gasteiger partial charge in [0.25, 0.3) is 0 Å². The van der Waals surface area contributed by atoms with Gasteiger partial charge in [-0.1, -0.05) is 0 Å². The molecule has 1 aromatic heterocycles. The molecule has 0 aliphatic carbocycles. The summed E-state index contributed by atoms with van der Waals surface area (Å²) in [5.74, 6) is -2.51. The van der Waals surface area contributed by atoms with Crippen LogP contribution in [-0.4, -0.2) is 18.5 Å². The summed E-state index contributed by atoms with van der Waals surface area (Å²) in [6.45, 7) is 0. The van der Waals surface area contributed by atoms with Crippen molar-refractivity contribution in [2.24, 2.45) is 0 Å². The second kappa shape index (κ2) is 5.32. The Bertz CT molecular complexity index is 459. The maximum atomic E-state index is 12.6. The highest BCUT2D eigenvalue weighted by Crippen LogP contribution is 2.39. The first kappa shape index (κ1) is 15.7. The first-order chi connectivity index (χ1) is 8.58. The molecule has 0 saturated carbocycles. The maximum absolute atomic E-state index is 12.6. The van der Waals surface area contributed by atoms with Crippen molar-refractivity contribution in [3.8, 4) is 11.5 Å². The first-order valence-corrected chi connectivity index (χ1v) is 5.08. The molecule has 1 aromatic rings. The molecule has 0 N–H and O–H groups in total. The lowest BCUT2D eigenvalue weighted by molar-refractivity contribution is -0.275. The average Bonchev–Trinajstić information content (AvgIpc) is 2.24. The number of hydrogen-bond donors (Lipinski definition) is 0. The zero-order valence-corrected chi connectivity index (χ0v) is 9.95. The molecule has 19 heavy (non-hydrogen) atoms. The molecular weight excluding hydrogens is 304 g/mol. The fraction of sp³-hybridized carbons (Fsp3) is 0.444. The van der Waals surface area contributed by atoms with Gasteiger partial charge in [0.1, 0.15) is 0 Å². The molecule has 0 spiro atoms. The zero-order chi connectivity index (χ0) is 14.8. The molecule has 3 nitrogen and oxygen atoms in total. The topological polar surface area (TPSA) is 31.4 Å². The Morgan fingerprint density at radius 1 is 1.16 bits per heavy atom. The Hall–Kier alpha value is -1.38. The Kier molecular flexibility index (Phi) is 4.39. The molecule has 0 aliphatic rings. The predicted octanol–water partition coefficient (Wildman–Crippen LogP) is 3.75. The fourth-order valence-electron chi connectivity index (χ4n) is 1.18. The minimum atomic E-state index is -5.08. The van der Waals surface area contributed by atoms with Gasteiger partial charge in [-0.05, 0) is 0 Å². The van der Waals surface area contributed by atoms with Crippen LogP contribution in [0.1, 0.15) is 11.4 Å². The van der Waals surface area contributed by atoms with E-state index in [1.807, 2.05) is 0 Å². The van der Waals surface area contributed by atoms with Crippen LogP contribution in [0.25, 0.3) is 0 Å². The third kappa shape index (κ3) is 4.05. The molecule has 0 bridgehead atoms. The van der Waals surface area contributed by atoms with Crippen molar-refractivity contribution in [1.29, 1.82) is 0 Å². The van der Waals surface area contributed by atoms with Gasteiger partial charge in [-0.2, -0.15) is 13.2 Å².